The monoisotopic (exact) mass is 362 g/mol. The van der Waals surface area contributed by atoms with E-state index in [1.807, 2.05) is 32.0 Å². The van der Waals surface area contributed by atoms with E-state index in [9.17, 15) is 13.2 Å². The normalized spacial score (nSPS) is 11.0. The van der Waals surface area contributed by atoms with Crippen LogP contribution in [0.15, 0.2) is 42.5 Å². The third-order valence-electron chi connectivity index (χ3n) is 3.71. The molecule has 7 heteroatoms. The van der Waals surface area contributed by atoms with Crippen molar-refractivity contribution >= 4 is 27.3 Å². The minimum absolute atomic E-state index is 0.323. The van der Waals surface area contributed by atoms with E-state index in [-0.39, 0.29) is 6.54 Å². The van der Waals surface area contributed by atoms with Gasteiger partial charge >= 0.3 is 0 Å². The van der Waals surface area contributed by atoms with Gasteiger partial charge < -0.3 is 10.1 Å². The summed E-state index contributed by atoms with van der Waals surface area (Å²) in [5, 5.41) is 2.77. The molecule has 0 aliphatic carbocycles. The van der Waals surface area contributed by atoms with E-state index in [2.05, 4.69) is 5.32 Å². The molecule has 25 heavy (non-hydrogen) atoms. The van der Waals surface area contributed by atoms with E-state index >= 15 is 0 Å². The molecule has 2 rings (SSSR count). The van der Waals surface area contributed by atoms with E-state index in [1.165, 1.54) is 7.11 Å². The largest absolute Gasteiger partial charge is 0.495 e. The number of aryl methyl sites for hydroxylation is 2. The Hall–Kier alpha value is -2.54. The molecule has 0 unspecified atom stereocenters. The summed E-state index contributed by atoms with van der Waals surface area (Å²) < 4.78 is 30.7. The molecular formula is C18H22N2O4S. The fourth-order valence-corrected chi connectivity index (χ4v) is 3.27. The zero-order valence-electron chi connectivity index (χ0n) is 14.7. The number of nitrogens with one attached hydrogen (secondary N) is 1. The second kappa shape index (κ2) is 7.57. The number of rotatable bonds is 6. The maximum Gasteiger partial charge on any atom is 0.245 e. The van der Waals surface area contributed by atoms with Crippen LogP contribution in [0.4, 0.5) is 11.4 Å². The Morgan fingerprint density at radius 2 is 1.84 bits per heavy atom. The number of benzene rings is 2. The van der Waals surface area contributed by atoms with Crippen LogP contribution >= 0.6 is 0 Å². The second-order valence-electron chi connectivity index (χ2n) is 5.81. The van der Waals surface area contributed by atoms with Gasteiger partial charge in [0.15, 0.2) is 0 Å². The number of hydrogen-bond donors (Lipinski definition) is 1. The molecule has 0 aromatic heterocycles. The van der Waals surface area contributed by atoms with Gasteiger partial charge in [-0.05, 0) is 43.2 Å². The summed E-state index contributed by atoms with van der Waals surface area (Å²) in [7, 11) is -2.21. The molecule has 1 amide bonds. The lowest BCUT2D eigenvalue weighted by Crippen LogP contribution is -2.37. The van der Waals surface area contributed by atoms with Crippen molar-refractivity contribution in [2.24, 2.45) is 0 Å². The smallest absolute Gasteiger partial charge is 0.245 e. The van der Waals surface area contributed by atoms with Crippen molar-refractivity contribution in [2.45, 2.75) is 13.8 Å². The van der Waals surface area contributed by atoms with Crippen LogP contribution in [0.3, 0.4) is 0 Å². The highest BCUT2D eigenvalue weighted by atomic mass is 32.2. The average molecular weight is 362 g/mol. The van der Waals surface area contributed by atoms with Gasteiger partial charge in [0.2, 0.25) is 15.9 Å². The first-order valence-electron chi connectivity index (χ1n) is 7.70. The van der Waals surface area contributed by atoms with Gasteiger partial charge in [0, 0.05) is 5.69 Å². The van der Waals surface area contributed by atoms with Gasteiger partial charge in [0.1, 0.15) is 12.3 Å². The molecule has 6 nitrogen and oxygen atoms in total. The van der Waals surface area contributed by atoms with Crippen LogP contribution in [0.2, 0.25) is 0 Å². The standard InChI is InChI=1S/C18H22N2O4S/c1-13-9-10-14(2)15(11-13)19-18(21)12-20(25(4,22)23)16-7-5-6-8-17(16)24-3/h5-11H,12H2,1-4H3,(H,19,21). The second-order valence-corrected chi connectivity index (χ2v) is 7.71. The maximum absolute atomic E-state index is 12.4. The predicted octanol–water partition coefficient (Wildman–Crippen LogP) is 2.72. The number of ether oxygens (including phenoxy) is 1. The number of sulfonamides is 1. The molecule has 0 saturated carbocycles. The lowest BCUT2D eigenvalue weighted by Gasteiger charge is -2.23. The van der Waals surface area contributed by atoms with E-state index in [0.29, 0.717) is 17.1 Å². The minimum Gasteiger partial charge on any atom is -0.495 e. The van der Waals surface area contributed by atoms with Gasteiger partial charge in [-0.15, -0.1) is 0 Å². The van der Waals surface area contributed by atoms with E-state index in [1.54, 1.807) is 24.3 Å². The molecule has 1 N–H and O–H groups in total. The van der Waals surface area contributed by atoms with Crippen molar-refractivity contribution in [3.05, 3.63) is 53.6 Å². The van der Waals surface area contributed by atoms with E-state index in [0.717, 1.165) is 21.7 Å². The highest BCUT2D eigenvalue weighted by molar-refractivity contribution is 7.92. The highest BCUT2D eigenvalue weighted by Gasteiger charge is 2.23. The third kappa shape index (κ3) is 4.73. The van der Waals surface area contributed by atoms with Crippen LogP contribution in [0, 0.1) is 13.8 Å². The van der Waals surface area contributed by atoms with E-state index < -0.39 is 15.9 Å². The molecule has 2 aromatic carbocycles. The Bertz CT molecular complexity index is 878. The Kier molecular flexibility index (Phi) is 5.69. The zero-order chi connectivity index (χ0) is 18.6. The molecule has 134 valence electrons. The fourth-order valence-electron chi connectivity index (χ4n) is 2.41. The number of carbonyl (C=O) groups excluding carboxylic acids is 1. The molecule has 0 aliphatic heterocycles. The number of carbonyl (C=O) groups is 1. The first-order chi connectivity index (χ1) is 11.7. The average Bonchev–Trinajstić information content (AvgIpc) is 2.55. The van der Waals surface area contributed by atoms with Gasteiger partial charge in [-0.2, -0.15) is 0 Å². The van der Waals surface area contributed by atoms with Crippen molar-refractivity contribution in [2.75, 3.05) is 29.5 Å². The van der Waals surface area contributed by atoms with Gasteiger partial charge in [-0.25, -0.2) is 8.42 Å². The van der Waals surface area contributed by atoms with Crippen LogP contribution in [-0.4, -0.2) is 34.2 Å². The van der Waals surface area contributed by atoms with Crippen molar-refractivity contribution in [3.63, 3.8) is 0 Å². The predicted molar refractivity (Wildman–Crippen MR) is 99.7 cm³/mol. The van der Waals surface area contributed by atoms with Crippen LogP contribution in [0.5, 0.6) is 5.75 Å². The summed E-state index contributed by atoms with van der Waals surface area (Å²) >= 11 is 0. The molecule has 0 aliphatic rings. The summed E-state index contributed by atoms with van der Waals surface area (Å²) in [4.78, 5) is 12.4. The summed E-state index contributed by atoms with van der Waals surface area (Å²) in [6, 6.07) is 12.4. The third-order valence-corrected chi connectivity index (χ3v) is 4.84. The lowest BCUT2D eigenvalue weighted by molar-refractivity contribution is -0.114. The number of anilines is 2. The van der Waals surface area contributed by atoms with Crippen LogP contribution in [-0.2, 0) is 14.8 Å². The van der Waals surface area contributed by atoms with Gasteiger partial charge in [-0.3, -0.25) is 9.10 Å². The van der Waals surface area contributed by atoms with Crippen molar-refractivity contribution in [3.8, 4) is 5.75 Å². The molecule has 0 radical (unpaired) electrons. The Balaban J connectivity index is 2.29. The Morgan fingerprint density at radius 3 is 2.48 bits per heavy atom. The Labute approximate surface area is 148 Å². The molecule has 2 aromatic rings. The Morgan fingerprint density at radius 1 is 1.16 bits per heavy atom. The van der Waals surface area contributed by atoms with Crippen LogP contribution in [0.25, 0.3) is 0 Å². The van der Waals surface area contributed by atoms with Crippen molar-refractivity contribution in [1.29, 1.82) is 0 Å². The zero-order valence-corrected chi connectivity index (χ0v) is 15.6. The molecular weight excluding hydrogens is 340 g/mol. The van der Waals surface area contributed by atoms with Crippen molar-refractivity contribution < 1.29 is 17.9 Å². The summed E-state index contributed by atoms with van der Waals surface area (Å²) in [6.45, 7) is 3.46. The minimum atomic E-state index is -3.66. The van der Waals surface area contributed by atoms with Crippen molar-refractivity contribution in [1.82, 2.24) is 0 Å². The number of amides is 1. The highest BCUT2D eigenvalue weighted by Crippen LogP contribution is 2.29. The maximum atomic E-state index is 12.4. The molecule has 0 heterocycles. The molecule has 0 spiro atoms. The SMILES string of the molecule is COc1ccccc1N(CC(=O)Nc1cc(C)ccc1C)S(C)(=O)=O. The quantitative estimate of drug-likeness (QED) is 0.857. The lowest BCUT2D eigenvalue weighted by atomic mass is 10.1. The fraction of sp³-hybridized carbons (Fsp3) is 0.278. The summed E-state index contributed by atoms with van der Waals surface area (Å²) in [5.41, 5.74) is 2.90. The molecule has 0 saturated heterocycles. The molecule has 0 fully saturated rings. The number of hydrogen-bond acceptors (Lipinski definition) is 4. The summed E-state index contributed by atoms with van der Waals surface area (Å²) in [6.07, 6.45) is 1.06. The molecule has 0 atom stereocenters. The van der Waals surface area contributed by atoms with Gasteiger partial charge in [0.05, 0.1) is 19.1 Å². The molecule has 0 bridgehead atoms. The first-order valence-corrected chi connectivity index (χ1v) is 9.55. The van der Waals surface area contributed by atoms with Crippen LogP contribution in [0.1, 0.15) is 11.1 Å². The number of nitrogens with zero attached hydrogens (tertiary/aromatic N) is 1. The first kappa shape index (κ1) is 18.8. The van der Waals surface area contributed by atoms with Crippen LogP contribution < -0.4 is 14.4 Å². The number of para-hydroxylation sites is 2. The number of methoxy groups -OCH3 is 1. The van der Waals surface area contributed by atoms with Gasteiger partial charge in [0.25, 0.3) is 0 Å². The van der Waals surface area contributed by atoms with E-state index in [4.69, 9.17) is 4.74 Å². The van der Waals surface area contributed by atoms with Gasteiger partial charge in [-0.1, -0.05) is 24.3 Å². The topological polar surface area (TPSA) is 75.7 Å². The summed E-state index contributed by atoms with van der Waals surface area (Å²) in [5.74, 6) is -0.0440.